The Morgan fingerprint density at radius 2 is 1.27 bits per heavy atom. The fraction of sp³-hybridized carbons (Fsp3) is 0.548. The standard InChI is InChI=1S/C62H86N10O18/c1-43(2)58(55(74)39-49(11-8-24-67-61(63)79)60(78)69-50-17-13-45(14-18-50)40-89-62(80)90-52-21-19-51(20-22-52)72(81)82)70-57(76)42-88-36-34-85-31-29-83-27-25-66-59(77)48(38-54(73)44(3)37-47-16-15-46-9-4-5-12-53(46)47)10-6-7-23-65-56(75)41-87-35-33-86-32-30-84-28-26-68-71-64/h4-5,9,12-14,16-22,43-44,48-49,58H,6-8,10-11,15,23-42H2,1-3H3,(H,65,75)(H,66,77)(H,69,78)(H,70,76)(H3,63,67,79)/t44-,48+,49+,58-/m0/s1. The number of hydrogen-bond donors (Lipinski definition) is 6. The van der Waals surface area contributed by atoms with E-state index in [1.165, 1.54) is 29.8 Å². The molecule has 28 heteroatoms. The van der Waals surface area contributed by atoms with E-state index in [2.05, 4.69) is 54.8 Å². The zero-order valence-corrected chi connectivity index (χ0v) is 51.5. The van der Waals surface area contributed by atoms with Crippen LogP contribution in [0.15, 0.2) is 84.0 Å². The van der Waals surface area contributed by atoms with Gasteiger partial charge in [-0.05, 0) is 96.5 Å². The Labute approximate surface area is 523 Å². The molecule has 492 valence electrons. The maximum absolute atomic E-state index is 13.8. The molecule has 6 amide bonds. The summed E-state index contributed by atoms with van der Waals surface area (Å²) < 4.78 is 43.0. The summed E-state index contributed by atoms with van der Waals surface area (Å²) in [4.78, 5) is 116. The Balaban J connectivity index is 1.13. The highest BCUT2D eigenvalue weighted by molar-refractivity contribution is 5.97. The van der Waals surface area contributed by atoms with Gasteiger partial charge in [-0.2, -0.15) is 0 Å². The topological polar surface area (TPSA) is 388 Å². The lowest BCUT2D eigenvalue weighted by atomic mass is 9.87. The van der Waals surface area contributed by atoms with Crippen LogP contribution in [0, 0.1) is 33.8 Å². The van der Waals surface area contributed by atoms with E-state index in [0.717, 1.165) is 17.6 Å². The lowest BCUT2D eigenvalue weighted by Gasteiger charge is -2.24. The molecular formula is C62H86N10O18. The monoisotopic (exact) mass is 1260 g/mol. The van der Waals surface area contributed by atoms with E-state index < -0.39 is 52.6 Å². The Bertz CT molecular complexity index is 2830. The quantitative estimate of drug-likeness (QED) is 0.00515. The van der Waals surface area contributed by atoms with E-state index in [4.69, 9.17) is 49.2 Å². The van der Waals surface area contributed by atoms with Crippen LogP contribution >= 0.6 is 0 Å². The number of anilines is 1. The third kappa shape index (κ3) is 30.7. The number of ketones is 2. The van der Waals surface area contributed by atoms with E-state index in [9.17, 15) is 48.5 Å². The van der Waals surface area contributed by atoms with Crippen molar-refractivity contribution < 1.29 is 81.2 Å². The largest absolute Gasteiger partial charge is 0.514 e. The molecule has 1 aliphatic rings. The minimum absolute atomic E-state index is 0.00281. The number of rotatable bonds is 48. The van der Waals surface area contributed by atoms with E-state index >= 15 is 0 Å². The number of primary amides is 1. The minimum Gasteiger partial charge on any atom is -0.429 e. The summed E-state index contributed by atoms with van der Waals surface area (Å²) in [5, 5.41) is 28.0. The highest BCUT2D eigenvalue weighted by atomic mass is 16.7. The molecule has 1 aliphatic carbocycles. The van der Waals surface area contributed by atoms with Crippen LogP contribution in [0.25, 0.3) is 16.0 Å². The molecule has 0 bridgehead atoms. The molecule has 0 aromatic heterocycles. The van der Waals surface area contributed by atoms with Gasteiger partial charge in [0.1, 0.15) is 31.4 Å². The minimum atomic E-state index is -1.04. The molecule has 7 N–H and O–H groups in total. The Kier molecular flexibility index (Phi) is 35.7. The van der Waals surface area contributed by atoms with Gasteiger partial charge in [-0.1, -0.05) is 74.8 Å². The number of amides is 6. The number of benzene rings is 3. The Hall–Kier alpha value is -8.37. The number of urea groups is 1. The molecule has 0 heterocycles. The molecular weight excluding hydrogens is 1170 g/mol. The molecule has 4 rings (SSSR count). The van der Waals surface area contributed by atoms with Gasteiger partial charge in [0.05, 0.1) is 77.0 Å². The molecule has 0 fully saturated rings. The number of nitrogens with one attached hydrogen (secondary N) is 5. The summed E-state index contributed by atoms with van der Waals surface area (Å²) in [5.74, 6) is -4.03. The van der Waals surface area contributed by atoms with Gasteiger partial charge in [-0.25, -0.2) is 9.59 Å². The van der Waals surface area contributed by atoms with E-state index in [1.54, 1.807) is 38.1 Å². The molecule has 28 nitrogen and oxygen atoms in total. The number of ether oxygens (including phenoxy) is 8. The van der Waals surface area contributed by atoms with E-state index in [0.29, 0.717) is 69.7 Å². The predicted octanol–water partition coefficient (Wildman–Crippen LogP) is 6.47. The van der Waals surface area contributed by atoms with Crippen molar-refractivity contribution in [2.24, 2.45) is 34.5 Å². The van der Waals surface area contributed by atoms with Crippen molar-refractivity contribution in [1.82, 2.24) is 21.3 Å². The Morgan fingerprint density at radius 3 is 1.92 bits per heavy atom. The Morgan fingerprint density at radius 1 is 0.667 bits per heavy atom. The lowest BCUT2D eigenvalue weighted by Crippen LogP contribution is -2.47. The molecule has 0 spiro atoms. The number of azide groups is 1. The number of nitrogens with zero attached hydrogens (tertiary/aromatic N) is 4. The molecule has 0 unspecified atom stereocenters. The number of hydrogen-bond acceptors (Lipinski definition) is 19. The number of carbonyl (C=O) groups is 8. The molecule has 0 aliphatic heterocycles. The maximum atomic E-state index is 13.8. The molecule has 0 radical (unpaired) electrons. The third-order valence-corrected chi connectivity index (χ3v) is 14.0. The van der Waals surface area contributed by atoms with Crippen molar-refractivity contribution >= 4 is 64.3 Å². The van der Waals surface area contributed by atoms with Crippen LogP contribution in [0.1, 0.15) is 88.8 Å². The van der Waals surface area contributed by atoms with Gasteiger partial charge in [-0.15, -0.1) is 0 Å². The second-order valence-electron chi connectivity index (χ2n) is 21.4. The second-order valence-corrected chi connectivity index (χ2v) is 21.4. The number of nitro groups is 1. The van der Waals surface area contributed by atoms with Gasteiger partial charge < -0.3 is 70.2 Å². The molecule has 3 aromatic carbocycles. The summed E-state index contributed by atoms with van der Waals surface area (Å²) in [6, 6.07) is 17.7. The van der Waals surface area contributed by atoms with Crippen LogP contribution in [0.5, 0.6) is 5.75 Å². The normalized spacial score (nSPS) is 12.9. The zero-order valence-electron chi connectivity index (χ0n) is 51.5. The number of non-ortho nitro benzene ring substituents is 1. The maximum Gasteiger partial charge on any atom is 0.514 e. The van der Waals surface area contributed by atoms with Crippen LogP contribution in [-0.2, 0) is 75.0 Å². The third-order valence-electron chi connectivity index (χ3n) is 14.0. The molecule has 3 aromatic rings. The van der Waals surface area contributed by atoms with Crippen molar-refractivity contribution in [2.75, 3.05) is 111 Å². The number of fused-ring (bicyclic) bond motifs is 1. The number of allylic oxidation sites excluding steroid dienone is 2. The van der Waals surface area contributed by atoms with Crippen molar-refractivity contribution in [3.8, 4) is 5.75 Å². The number of carbonyl (C=O) groups excluding carboxylic acids is 8. The zero-order chi connectivity index (χ0) is 65.3. The van der Waals surface area contributed by atoms with Crippen molar-refractivity contribution in [1.29, 1.82) is 0 Å². The summed E-state index contributed by atoms with van der Waals surface area (Å²) in [6.45, 7) is 7.93. The van der Waals surface area contributed by atoms with Gasteiger partial charge in [0.15, 0.2) is 5.78 Å². The van der Waals surface area contributed by atoms with Gasteiger partial charge in [0, 0.05) is 79.5 Å². The molecule has 0 saturated heterocycles. The van der Waals surface area contributed by atoms with Crippen LogP contribution in [0.4, 0.5) is 21.0 Å². The van der Waals surface area contributed by atoms with Crippen molar-refractivity contribution in [3.05, 3.63) is 116 Å². The molecule has 0 saturated carbocycles. The van der Waals surface area contributed by atoms with Crippen LogP contribution < -0.4 is 37.1 Å². The first-order chi connectivity index (χ1) is 43.4. The van der Waals surface area contributed by atoms with Gasteiger partial charge in [-0.3, -0.25) is 38.9 Å². The highest BCUT2D eigenvalue weighted by Crippen LogP contribution is 2.33. The van der Waals surface area contributed by atoms with Gasteiger partial charge >= 0.3 is 12.2 Å². The lowest BCUT2D eigenvalue weighted by molar-refractivity contribution is -0.384. The summed E-state index contributed by atoms with van der Waals surface area (Å²) in [6.07, 6.45) is 4.48. The molecule has 4 atom stereocenters. The first-order valence-corrected chi connectivity index (χ1v) is 30.1. The van der Waals surface area contributed by atoms with Crippen molar-refractivity contribution in [2.45, 2.75) is 91.2 Å². The van der Waals surface area contributed by atoms with Crippen molar-refractivity contribution in [3.63, 3.8) is 0 Å². The summed E-state index contributed by atoms with van der Waals surface area (Å²) >= 11 is 0. The smallest absolute Gasteiger partial charge is 0.429 e. The SMILES string of the molecule is CC(C)[C@H](NC(=O)COCCOCCOCCNC(=O)[C@H](CCCCNC(=O)COCCOCCOCCN=[N+]=[N-])CC(=O)[C@@H](C)CC1=CCc2ccccc21)C(=O)C[C@@H](CCCNC(N)=O)C(=O)Nc1ccc(COC(=O)Oc2ccc([N+](=O)[O-])cc2)cc1. The number of nitrogens with two attached hydrogens (primary N) is 1. The first kappa shape index (κ1) is 74.1. The number of unbranched alkanes of at least 4 members (excludes halogenated alkanes) is 1. The summed E-state index contributed by atoms with van der Waals surface area (Å²) in [7, 11) is 0. The van der Waals surface area contributed by atoms with Gasteiger partial charge in [0.25, 0.3) is 5.69 Å². The van der Waals surface area contributed by atoms with E-state index in [1.807, 2.05) is 19.1 Å². The molecule has 90 heavy (non-hydrogen) atoms. The fourth-order valence-corrected chi connectivity index (χ4v) is 9.23. The van der Waals surface area contributed by atoms with Crippen LogP contribution in [0.3, 0.4) is 0 Å². The van der Waals surface area contributed by atoms with Gasteiger partial charge in [0.2, 0.25) is 23.6 Å². The number of nitro benzene ring substituents is 1. The first-order valence-electron chi connectivity index (χ1n) is 30.1. The predicted molar refractivity (Wildman–Crippen MR) is 329 cm³/mol. The highest BCUT2D eigenvalue weighted by Gasteiger charge is 2.30. The average molecular weight is 1260 g/mol. The second kappa shape index (κ2) is 43.3. The fourth-order valence-electron chi connectivity index (χ4n) is 9.23. The van der Waals surface area contributed by atoms with E-state index in [-0.39, 0.29) is 146 Å². The van der Waals surface area contributed by atoms with Crippen LogP contribution in [0.2, 0.25) is 0 Å². The summed E-state index contributed by atoms with van der Waals surface area (Å²) in [5.41, 5.74) is 17.8. The average Bonchev–Trinajstić information content (AvgIpc) is 2.95. The van der Waals surface area contributed by atoms with Crippen LogP contribution in [-0.4, -0.2) is 164 Å². The number of Topliss-reactive ketones (excluding diaryl/α,β-unsaturated/α-hetero) is 2.